The van der Waals surface area contributed by atoms with E-state index in [1.165, 1.54) is 0 Å². The summed E-state index contributed by atoms with van der Waals surface area (Å²) >= 11 is 0. The van der Waals surface area contributed by atoms with Crippen LogP contribution in [0.5, 0.6) is 5.75 Å². The van der Waals surface area contributed by atoms with Crippen LogP contribution in [0, 0.1) is 5.92 Å². The van der Waals surface area contributed by atoms with Crippen LogP contribution in [-0.2, 0) is 13.1 Å². The lowest BCUT2D eigenvalue weighted by Crippen LogP contribution is -2.47. The van der Waals surface area contributed by atoms with Gasteiger partial charge in [0, 0.05) is 62.0 Å². The Labute approximate surface area is 245 Å². The third-order valence-corrected chi connectivity index (χ3v) is 8.27. The van der Waals surface area contributed by atoms with Gasteiger partial charge in [0.15, 0.2) is 0 Å². The number of piperidine rings is 1. The number of nitrogens with zero attached hydrogens (tertiary/aromatic N) is 3. The van der Waals surface area contributed by atoms with Gasteiger partial charge in [0.05, 0.1) is 18.5 Å². The Morgan fingerprint density at radius 3 is 2.43 bits per heavy atom. The summed E-state index contributed by atoms with van der Waals surface area (Å²) in [4.78, 5) is 43.4. The minimum atomic E-state index is -0.268. The van der Waals surface area contributed by atoms with E-state index in [2.05, 4.69) is 10.2 Å². The molecular formula is C34H34N4O4. The number of ether oxygens (including phenoxy) is 1. The largest absolute Gasteiger partial charge is 0.497 e. The average Bonchev–Trinajstić information content (AvgIpc) is 3.01. The number of hydrogen-bond donors (Lipinski definition) is 1. The zero-order valence-electron chi connectivity index (χ0n) is 23.8. The van der Waals surface area contributed by atoms with Gasteiger partial charge in [-0.15, -0.1) is 0 Å². The second-order valence-electron chi connectivity index (χ2n) is 11.2. The molecule has 214 valence electrons. The van der Waals surface area contributed by atoms with Crippen LogP contribution in [0.2, 0.25) is 0 Å². The molecule has 3 aromatic carbocycles. The van der Waals surface area contributed by atoms with Crippen LogP contribution in [-0.4, -0.2) is 48.5 Å². The highest BCUT2D eigenvalue weighted by Crippen LogP contribution is 2.39. The first-order valence-corrected chi connectivity index (χ1v) is 14.2. The summed E-state index contributed by atoms with van der Waals surface area (Å²) in [5, 5.41) is 3.09. The average molecular weight is 563 g/mol. The second kappa shape index (κ2) is 11.6. The van der Waals surface area contributed by atoms with E-state index in [1.54, 1.807) is 55.5 Å². The normalized spacial score (nSPS) is 17.2. The van der Waals surface area contributed by atoms with Crippen molar-refractivity contribution >= 4 is 23.2 Å². The molecule has 1 aromatic heterocycles. The number of carbonyl (C=O) groups is 2. The van der Waals surface area contributed by atoms with Crippen LogP contribution in [0.25, 0.3) is 0 Å². The number of fused-ring (bicyclic) bond motifs is 4. The van der Waals surface area contributed by atoms with Crippen molar-refractivity contribution in [2.24, 2.45) is 5.92 Å². The topological polar surface area (TPSA) is 83.9 Å². The second-order valence-corrected chi connectivity index (χ2v) is 11.2. The highest BCUT2D eigenvalue weighted by Gasteiger charge is 2.35. The molecule has 3 heterocycles. The molecule has 1 fully saturated rings. The maximum absolute atomic E-state index is 13.5. The first kappa shape index (κ1) is 27.3. The minimum absolute atomic E-state index is 0.0468. The molecule has 0 saturated carbocycles. The van der Waals surface area contributed by atoms with Crippen molar-refractivity contribution < 1.29 is 14.3 Å². The molecule has 0 aliphatic carbocycles. The first-order chi connectivity index (χ1) is 20.4. The van der Waals surface area contributed by atoms with Gasteiger partial charge in [-0.1, -0.05) is 36.4 Å². The van der Waals surface area contributed by atoms with Crippen molar-refractivity contribution in [1.29, 1.82) is 0 Å². The van der Waals surface area contributed by atoms with E-state index in [0.29, 0.717) is 48.1 Å². The van der Waals surface area contributed by atoms with Crippen molar-refractivity contribution in [2.75, 3.05) is 37.5 Å². The van der Waals surface area contributed by atoms with Crippen molar-refractivity contribution in [3.8, 4) is 5.75 Å². The summed E-state index contributed by atoms with van der Waals surface area (Å²) in [5.41, 5.74) is 4.57. The monoisotopic (exact) mass is 562 g/mol. The van der Waals surface area contributed by atoms with Crippen molar-refractivity contribution in [1.82, 2.24) is 9.47 Å². The van der Waals surface area contributed by atoms with Gasteiger partial charge in [0.25, 0.3) is 17.4 Å². The van der Waals surface area contributed by atoms with E-state index in [4.69, 9.17) is 4.74 Å². The van der Waals surface area contributed by atoms with Gasteiger partial charge in [0.2, 0.25) is 0 Å². The Bertz CT molecular complexity index is 1670. The molecule has 2 bridgehead atoms. The van der Waals surface area contributed by atoms with Gasteiger partial charge in [0.1, 0.15) is 5.75 Å². The van der Waals surface area contributed by atoms with E-state index in [1.807, 2.05) is 59.2 Å². The Kier molecular flexibility index (Phi) is 7.52. The molecule has 0 unspecified atom stereocenters. The molecule has 8 heteroatoms. The molecule has 6 rings (SSSR count). The molecule has 0 spiro atoms. The van der Waals surface area contributed by atoms with Crippen molar-refractivity contribution in [3.05, 3.63) is 124 Å². The minimum Gasteiger partial charge on any atom is -0.497 e. The molecule has 42 heavy (non-hydrogen) atoms. The zero-order chi connectivity index (χ0) is 29.2. The van der Waals surface area contributed by atoms with Gasteiger partial charge >= 0.3 is 0 Å². The number of amides is 2. The number of benzene rings is 3. The van der Waals surface area contributed by atoms with Gasteiger partial charge in [-0.05, 0) is 66.4 Å². The smallest absolute Gasteiger partial charge is 0.255 e. The zero-order valence-corrected chi connectivity index (χ0v) is 23.8. The number of anilines is 2. The third kappa shape index (κ3) is 5.52. The lowest BCUT2D eigenvalue weighted by molar-refractivity contribution is 0.0784. The number of pyridine rings is 1. The number of hydrogen-bond acceptors (Lipinski definition) is 5. The van der Waals surface area contributed by atoms with Crippen LogP contribution >= 0.6 is 0 Å². The quantitative estimate of drug-likeness (QED) is 0.343. The van der Waals surface area contributed by atoms with E-state index in [9.17, 15) is 14.4 Å². The van der Waals surface area contributed by atoms with Gasteiger partial charge < -0.3 is 24.4 Å². The molecule has 2 aliphatic heterocycles. The highest BCUT2D eigenvalue weighted by atomic mass is 16.5. The van der Waals surface area contributed by atoms with Crippen LogP contribution < -0.4 is 20.5 Å². The molecule has 2 aliphatic rings. The van der Waals surface area contributed by atoms with E-state index >= 15 is 0 Å². The third-order valence-electron chi connectivity index (χ3n) is 8.27. The summed E-state index contributed by atoms with van der Waals surface area (Å²) in [6.07, 6.45) is 1.02. The van der Waals surface area contributed by atoms with E-state index < -0.39 is 0 Å². The number of rotatable bonds is 7. The fourth-order valence-electron chi connectivity index (χ4n) is 6.22. The van der Waals surface area contributed by atoms with Crippen LogP contribution in [0.15, 0.2) is 95.8 Å². The summed E-state index contributed by atoms with van der Waals surface area (Å²) in [6.45, 7) is 2.62. The summed E-state index contributed by atoms with van der Waals surface area (Å²) < 4.78 is 7.15. The molecule has 0 radical (unpaired) electrons. The Balaban J connectivity index is 1.31. The van der Waals surface area contributed by atoms with Crippen molar-refractivity contribution in [3.63, 3.8) is 0 Å². The SMILES string of the molecule is COc1ccc(C(=O)Nc2cc(C(=O)N(C)Cc3ccccc3)ccc2N2C[C@H]3C[C@@H](C2)c2cccc(=O)n2C3)cc1. The molecule has 2 amide bonds. The maximum atomic E-state index is 13.5. The molecular weight excluding hydrogens is 528 g/mol. The number of methoxy groups -OCH3 is 1. The van der Waals surface area contributed by atoms with Crippen molar-refractivity contribution in [2.45, 2.75) is 25.4 Å². The Hall–Kier alpha value is -4.85. The van der Waals surface area contributed by atoms with Gasteiger partial charge in [-0.25, -0.2) is 0 Å². The summed E-state index contributed by atoms with van der Waals surface area (Å²) in [6, 6.07) is 27.8. The Morgan fingerprint density at radius 2 is 1.67 bits per heavy atom. The summed E-state index contributed by atoms with van der Waals surface area (Å²) in [5.74, 6) is 0.777. The standard InChI is InChI=1S/C34H34N4O4/c1-36(19-23-7-4-3-5-8-23)34(41)26-13-16-31(29(18-26)35-33(40)25-11-14-28(42-2)15-12-25)37-20-24-17-27(22-37)30-9-6-10-32(39)38(30)21-24/h3-16,18,24,27H,17,19-22H2,1-2H3,(H,35,40)/t24-,27+/m1/s1. The number of nitrogens with one attached hydrogen (secondary N) is 1. The molecule has 1 saturated heterocycles. The Morgan fingerprint density at radius 1 is 0.905 bits per heavy atom. The van der Waals surface area contributed by atoms with Crippen LogP contribution in [0.3, 0.4) is 0 Å². The van der Waals surface area contributed by atoms with Crippen LogP contribution in [0.4, 0.5) is 11.4 Å². The van der Waals surface area contributed by atoms with Crippen LogP contribution in [0.1, 0.15) is 44.3 Å². The van der Waals surface area contributed by atoms with E-state index in [-0.39, 0.29) is 23.3 Å². The fourth-order valence-corrected chi connectivity index (χ4v) is 6.22. The first-order valence-electron chi connectivity index (χ1n) is 14.2. The van der Waals surface area contributed by atoms with Gasteiger partial charge in [-0.2, -0.15) is 0 Å². The molecule has 2 atom stereocenters. The fraction of sp³-hybridized carbons (Fsp3) is 0.265. The molecule has 4 aromatic rings. The lowest BCUT2D eigenvalue weighted by Gasteiger charge is -2.44. The number of carbonyl (C=O) groups excluding carboxylic acids is 2. The highest BCUT2D eigenvalue weighted by molar-refractivity contribution is 6.07. The predicted octanol–water partition coefficient (Wildman–Crippen LogP) is 5.01. The number of aromatic nitrogens is 1. The molecule has 8 nitrogen and oxygen atoms in total. The lowest BCUT2D eigenvalue weighted by atomic mass is 9.83. The summed E-state index contributed by atoms with van der Waals surface area (Å²) in [7, 11) is 3.37. The predicted molar refractivity (Wildman–Crippen MR) is 163 cm³/mol. The molecule has 1 N–H and O–H groups in total. The maximum Gasteiger partial charge on any atom is 0.255 e. The van der Waals surface area contributed by atoms with Gasteiger partial charge in [-0.3, -0.25) is 14.4 Å². The van der Waals surface area contributed by atoms with E-state index in [0.717, 1.165) is 29.9 Å².